The van der Waals surface area contributed by atoms with Gasteiger partial charge in [-0.25, -0.2) is 4.79 Å². The summed E-state index contributed by atoms with van der Waals surface area (Å²) in [4.78, 5) is 33.7. The number of thiol groups is 2. The van der Waals surface area contributed by atoms with Gasteiger partial charge in [0.15, 0.2) is 0 Å². The van der Waals surface area contributed by atoms with Gasteiger partial charge in [0.05, 0.1) is 0 Å². The van der Waals surface area contributed by atoms with Gasteiger partial charge in [-0.3, -0.25) is 9.59 Å². The first-order chi connectivity index (χ1) is 8.41. The number of carboxylic acids is 1. The lowest BCUT2D eigenvalue weighted by Crippen LogP contribution is -2.60. The van der Waals surface area contributed by atoms with Gasteiger partial charge in [-0.1, -0.05) is 0 Å². The van der Waals surface area contributed by atoms with Gasteiger partial charge >= 0.3 is 5.97 Å². The molecule has 19 heavy (non-hydrogen) atoms. The molecule has 0 aliphatic carbocycles. The summed E-state index contributed by atoms with van der Waals surface area (Å²) in [5, 5.41) is 13.8. The molecular formula is C11H20N2O4S2. The standard InChI is InChI=1S/C11H20N2O4S2/c1-10(2,18)6(12-5-14)8(15)13-7(9(16)17)11(3,4)19/h5-7,18-19H,1-4H3,(H,12,14)(H,13,15)(H,16,17)/t6-,7+/m0/s1. The molecule has 0 saturated carbocycles. The molecule has 110 valence electrons. The SMILES string of the molecule is CC(C)(S)[C@H](NC(=O)[C@H](NC=O)C(C)(C)S)C(=O)O. The Morgan fingerprint density at radius 1 is 1.11 bits per heavy atom. The molecule has 0 aromatic heterocycles. The van der Waals surface area contributed by atoms with Crippen molar-refractivity contribution in [2.75, 3.05) is 0 Å². The Morgan fingerprint density at radius 3 is 1.79 bits per heavy atom. The molecule has 0 unspecified atom stereocenters. The smallest absolute Gasteiger partial charge is 0.327 e. The summed E-state index contributed by atoms with van der Waals surface area (Å²) in [5.41, 5.74) is 0. The second-order valence-electron chi connectivity index (χ2n) is 5.30. The number of amides is 2. The van der Waals surface area contributed by atoms with Crippen LogP contribution in [-0.2, 0) is 14.4 Å². The van der Waals surface area contributed by atoms with Crippen LogP contribution in [0.3, 0.4) is 0 Å². The molecule has 3 N–H and O–H groups in total. The maximum absolute atomic E-state index is 12.1. The summed E-state index contributed by atoms with van der Waals surface area (Å²) in [6.45, 7) is 6.42. The summed E-state index contributed by atoms with van der Waals surface area (Å²) < 4.78 is -1.79. The van der Waals surface area contributed by atoms with Crippen LogP contribution in [0.1, 0.15) is 27.7 Å². The van der Waals surface area contributed by atoms with Gasteiger partial charge < -0.3 is 15.7 Å². The highest BCUT2D eigenvalue weighted by molar-refractivity contribution is 7.82. The van der Waals surface area contributed by atoms with Gasteiger partial charge in [-0.2, -0.15) is 25.3 Å². The van der Waals surface area contributed by atoms with Crippen LogP contribution in [0.2, 0.25) is 0 Å². The van der Waals surface area contributed by atoms with E-state index >= 15 is 0 Å². The summed E-state index contributed by atoms with van der Waals surface area (Å²) in [7, 11) is 0. The molecular weight excluding hydrogens is 288 g/mol. The van der Waals surface area contributed by atoms with Crippen molar-refractivity contribution in [2.45, 2.75) is 49.3 Å². The molecule has 2 amide bonds. The maximum Gasteiger partial charge on any atom is 0.327 e. The van der Waals surface area contributed by atoms with Crippen LogP contribution in [0.5, 0.6) is 0 Å². The lowest BCUT2D eigenvalue weighted by Gasteiger charge is -2.32. The Morgan fingerprint density at radius 2 is 1.53 bits per heavy atom. The Balaban J connectivity index is 5.08. The normalized spacial score (nSPS) is 15.3. The van der Waals surface area contributed by atoms with Crippen LogP contribution in [-0.4, -0.2) is 45.0 Å². The van der Waals surface area contributed by atoms with E-state index in [-0.39, 0.29) is 0 Å². The van der Waals surface area contributed by atoms with E-state index in [2.05, 4.69) is 35.9 Å². The second-order valence-corrected chi connectivity index (χ2v) is 7.61. The molecule has 0 saturated heterocycles. The van der Waals surface area contributed by atoms with Crippen LogP contribution < -0.4 is 10.6 Å². The highest BCUT2D eigenvalue weighted by atomic mass is 32.1. The Kier molecular flexibility index (Phi) is 6.21. The van der Waals surface area contributed by atoms with E-state index in [1.807, 2.05) is 0 Å². The van der Waals surface area contributed by atoms with Crippen LogP contribution >= 0.6 is 25.3 Å². The molecule has 0 heterocycles. The van der Waals surface area contributed by atoms with E-state index in [0.717, 1.165) is 0 Å². The van der Waals surface area contributed by atoms with Gasteiger partial charge in [0.2, 0.25) is 12.3 Å². The number of aliphatic carboxylic acids is 1. The van der Waals surface area contributed by atoms with Crippen LogP contribution in [0, 0.1) is 0 Å². The van der Waals surface area contributed by atoms with E-state index in [1.54, 1.807) is 27.7 Å². The monoisotopic (exact) mass is 308 g/mol. The minimum Gasteiger partial charge on any atom is -0.480 e. The van der Waals surface area contributed by atoms with Crippen LogP contribution in [0.25, 0.3) is 0 Å². The van der Waals surface area contributed by atoms with Gasteiger partial charge in [0, 0.05) is 9.49 Å². The quantitative estimate of drug-likeness (QED) is 0.340. The van der Waals surface area contributed by atoms with Crippen molar-refractivity contribution in [3.8, 4) is 0 Å². The van der Waals surface area contributed by atoms with Crippen molar-refractivity contribution >= 4 is 43.5 Å². The average Bonchev–Trinajstić information content (AvgIpc) is 2.18. The number of hydrogen-bond donors (Lipinski definition) is 5. The Labute approximate surface area is 123 Å². The van der Waals surface area contributed by atoms with Crippen molar-refractivity contribution in [1.29, 1.82) is 0 Å². The molecule has 6 nitrogen and oxygen atoms in total. The fourth-order valence-corrected chi connectivity index (χ4v) is 1.80. The Hall–Kier alpha value is -0.890. The number of rotatable bonds is 7. The van der Waals surface area contributed by atoms with Crippen molar-refractivity contribution < 1.29 is 19.5 Å². The van der Waals surface area contributed by atoms with E-state index in [9.17, 15) is 14.4 Å². The van der Waals surface area contributed by atoms with Crippen molar-refractivity contribution in [1.82, 2.24) is 10.6 Å². The zero-order valence-corrected chi connectivity index (χ0v) is 13.1. The second kappa shape index (κ2) is 6.51. The molecule has 0 spiro atoms. The first kappa shape index (κ1) is 18.1. The van der Waals surface area contributed by atoms with Crippen molar-refractivity contribution in [3.63, 3.8) is 0 Å². The summed E-state index contributed by atoms with van der Waals surface area (Å²) in [6, 6.07) is -2.14. The van der Waals surface area contributed by atoms with Crippen LogP contribution in [0.4, 0.5) is 0 Å². The van der Waals surface area contributed by atoms with E-state index < -0.39 is 33.5 Å². The summed E-state index contributed by atoms with van der Waals surface area (Å²) in [6.07, 6.45) is 0.379. The predicted molar refractivity (Wildman–Crippen MR) is 78.7 cm³/mol. The Bertz CT molecular complexity index is 361. The molecule has 0 aliphatic heterocycles. The number of carbonyl (C=O) groups is 3. The average molecular weight is 308 g/mol. The van der Waals surface area contributed by atoms with E-state index in [1.165, 1.54) is 0 Å². The largest absolute Gasteiger partial charge is 0.480 e. The van der Waals surface area contributed by atoms with E-state index in [4.69, 9.17) is 5.11 Å². The molecule has 0 aromatic carbocycles. The molecule has 0 bridgehead atoms. The lowest BCUT2D eigenvalue weighted by molar-refractivity contribution is -0.143. The fraction of sp³-hybridized carbons (Fsp3) is 0.727. The highest BCUT2D eigenvalue weighted by Crippen LogP contribution is 2.21. The summed E-state index contributed by atoms with van der Waals surface area (Å²) >= 11 is 8.37. The van der Waals surface area contributed by atoms with Gasteiger partial charge in [-0.15, -0.1) is 0 Å². The number of carbonyl (C=O) groups excluding carboxylic acids is 2. The van der Waals surface area contributed by atoms with E-state index in [0.29, 0.717) is 6.41 Å². The number of carboxylic acid groups (broad SMARTS) is 1. The number of hydrogen-bond acceptors (Lipinski definition) is 5. The van der Waals surface area contributed by atoms with Crippen LogP contribution in [0.15, 0.2) is 0 Å². The van der Waals surface area contributed by atoms with Gasteiger partial charge in [0.25, 0.3) is 0 Å². The van der Waals surface area contributed by atoms with Crippen molar-refractivity contribution in [3.05, 3.63) is 0 Å². The summed E-state index contributed by atoms with van der Waals surface area (Å²) in [5.74, 6) is -1.82. The minimum absolute atomic E-state index is 0.379. The molecule has 0 aliphatic rings. The van der Waals surface area contributed by atoms with Gasteiger partial charge in [0.1, 0.15) is 12.1 Å². The maximum atomic E-state index is 12.1. The third kappa shape index (κ3) is 5.73. The third-order valence-corrected chi connectivity index (χ3v) is 2.96. The first-order valence-corrected chi connectivity index (χ1v) is 6.48. The molecule has 0 rings (SSSR count). The van der Waals surface area contributed by atoms with Crippen molar-refractivity contribution in [2.24, 2.45) is 0 Å². The minimum atomic E-state index is -1.20. The molecule has 0 radical (unpaired) electrons. The zero-order chi connectivity index (χ0) is 15.4. The first-order valence-electron chi connectivity index (χ1n) is 5.59. The molecule has 0 fully saturated rings. The third-order valence-electron chi connectivity index (χ3n) is 2.44. The highest BCUT2D eigenvalue weighted by Gasteiger charge is 2.38. The topological polar surface area (TPSA) is 95.5 Å². The zero-order valence-electron chi connectivity index (χ0n) is 11.3. The number of nitrogens with one attached hydrogen (secondary N) is 2. The lowest BCUT2D eigenvalue weighted by atomic mass is 9.99. The molecule has 8 heteroatoms. The van der Waals surface area contributed by atoms with Gasteiger partial charge in [-0.05, 0) is 27.7 Å². The fourth-order valence-electron chi connectivity index (χ4n) is 1.43. The molecule has 0 aromatic rings. The molecule has 2 atom stereocenters. The predicted octanol–water partition coefficient (Wildman–Crippen LogP) is 0.0872.